The average molecular weight is 199 g/mol. The van der Waals surface area contributed by atoms with Gasteiger partial charge in [0.2, 0.25) is 0 Å². The number of phenols is 1. The SMILES string of the molecule is N.O=C(O)c1ccc(O)cc1C(=O)O. The lowest BCUT2D eigenvalue weighted by atomic mass is 10.1. The fourth-order valence-electron chi connectivity index (χ4n) is 0.896. The number of rotatable bonds is 2. The molecule has 1 aromatic carbocycles. The van der Waals surface area contributed by atoms with Crippen LogP contribution in [0.25, 0.3) is 0 Å². The Morgan fingerprint density at radius 1 is 1.00 bits per heavy atom. The lowest BCUT2D eigenvalue weighted by Gasteiger charge is -2.00. The van der Waals surface area contributed by atoms with Gasteiger partial charge in [-0.1, -0.05) is 0 Å². The minimum absolute atomic E-state index is 0. The van der Waals surface area contributed by atoms with Gasteiger partial charge in [-0.05, 0) is 18.2 Å². The molecule has 0 aliphatic heterocycles. The molecule has 0 aromatic heterocycles. The molecule has 0 unspecified atom stereocenters. The summed E-state index contributed by atoms with van der Waals surface area (Å²) in [5.41, 5.74) is -0.766. The molecule has 1 rings (SSSR count). The Hall–Kier alpha value is -2.08. The maximum Gasteiger partial charge on any atom is 0.336 e. The van der Waals surface area contributed by atoms with E-state index in [4.69, 9.17) is 15.3 Å². The number of carboxylic acid groups (broad SMARTS) is 2. The van der Waals surface area contributed by atoms with Crippen molar-refractivity contribution in [2.75, 3.05) is 0 Å². The maximum atomic E-state index is 10.5. The van der Waals surface area contributed by atoms with Crippen molar-refractivity contribution in [2.24, 2.45) is 0 Å². The number of aromatic carboxylic acids is 2. The highest BCUT2D eigenvalue weighted by atomic mass is 16.4. The Balaban J connectivity index is 0.00000169. The van der Waals surface area contributed by atoms with Crippen LogP contribution in [-0.4, -0.2) is 27.3 Å². The zero-order chi connectivity index (χ0) is 10.0. The highest BCUT2D eigenvalue weighted by Gasteiger charge is 2.15. The van der Waals surface area contributed by atoms with Crippen LogP contribution in [0.4, 0.5) is 0 Å². The Kier molecular flexibility index (Phi) is 3.61. The van der Waals surface area contributed by atoms with Gasteiger partial charge in [0.15, 0.2) is 0 Å². The molecule has 0 heterocycles. The first-order valence-corrected chi connectivity index (χ1v) is 3.32. The van der Waals surface area contributed by atoms with E-state index in [-0.39, 0.29) is 17.5 Å². The summed E-state index contributed by atoms with van der Waals surface area (Å²) in [6.07, 6.45) is 0. The molecule has 14 heavy (non-hydrogen) atoms. The minimum Gasteiger partial charge on any atom is -0.508 e. The Labute approximate surface area is 79.0 Å². The van der Waals surface area contributed by atoms with E-state index in [1.807, 2.05) is 0 Å². The van der Waals surface area contributed by atoms with Crippen LogP contribution >= 0.6 is 0 Å². The van der Waals surface area contributed by atoms with Crippen LogP contribution in [0, 0.1) is 0 Å². The molecular formula is C8H9NO5. The third kappa shape index (κ3) is 2.20. The van der Waals surface area contributed by atoms with E-state index in [0.717, 1.165) is 18.2 Å². The number of benzene rings is 1. The van der Waals surface area contributed by atoms with E-state index in [1.165, 1.54) is 0 Å². The van der Waals surface area contributed by atoms with Crippen LogP contribution in [0.5, 0.6) is 5.75 Å². The van der Waals surface area contributed by atoms with Crippen molar-refractivity contribution in [3.63, 3.8) is 0 Å². The van der Waals surface area contributed by atoms with E-state index in [2.05, 4.69) is 0 Å². The van der Waals surface area contributed by atoms with Crippen molar-refractivity contribution < 1.29 is 24.9 Å². The number of aromatic hydroxyl groups is 1. The second kappa shape index (κ2) is 4.24. The summed E-state index contributed by atoms with van der Waals surface area (Å²) in [6.45, 7) is 0. The van der Waals surface area contributed by atoms with Gasteiger partial charge in [-0.25, -0.2) is 9.59 Å². The molecule has 0 aliphatic carbocycles. The molecule has 0 radical (unpaired) electrons. The normalized spacial score (nSPS) is 8.86. The van der Waals surface area contributed by atoms with Gasteiger partial charge in [0.1, 0.15) is 5.75 Å². The van der Waals surface area contributed by atoms with Crippen molar-refractivity contribution in [1.29, 1.82) is 0 Å². The Bertz CT molecular complexity index is 374. The van der Waals surface area contributed by atoms with Gasteiger partial charge in [0.25, 0.3) is 0 Å². The first kappa shape index (κ1) is 11.9. The van der Waals surface area contributed by atoms with E-state index < -0.39 is 17.5 Å². The first-order chi connectivity index (χ1) is 6.02. The molecule has 0 bridgehead atoms. The highest BCUT2D eigenvalue weighted by molar-refractivity contribution is 6.01. The van der Waals surface area contributed by atoms with Gasteiger partial charge in [-0.15, -0.1) is 0 Å². The van der Waals surface area contributed by atoms with E-state index in [1.54, 1.807) is 0 Å². The summed E-state index contributed by atoms with van der Waals surface area (Å²) in [5.74, 6) is -2.99. The van der Waals surface area contributed by atoms with E-state index in [9.17, 15) is 9.59 Å². The molecule has 0 spiro atoms. The van der Waals surface area contributed by atoms with Gasteiger partial charge >= 0.3 is 11.9 Å². The van der Waals surface area contributed by atoms with E-state index in [0.29, 0.717) is 0 Å². The van der Waals surface area contributed by atoms with Crippen LogP contribution in [0.1, 0.15) is 20.7 Å². The third-order valence-corrected chi connectivity index (χ3v) is 1.46. The number of hydrogen-bond acceptors (Lipinski definition) is 4. The fourth-order valence-corrected chi connectivity index (χ4v) is 0.896. The fraction of sp³-hybridized carbons (Fsp3) is 0. The molecule has 76 valence electrons. The number of carbonyl (C=O) groups is 2. The predicted octanol–water partition coefficient (Wildman–Crippen LogP) is 0.951. The van der Waals surface area contributed by atoms with Gasteiger partial charge in [0.05, 0.1) is 11.1 Å². The molecule has 6 nitrogen and oxygen atoms in total. The molecule has 0 saturated heterocycles. The van der Waals surface area contributed by atoms with Crippen LogP contribution < -0.4 is 6.15 Å². The summed E-state index contributed by atoms with van der Waals surface area (Å²) in [5, 5.41) is 26.0. The van der Waals surface area contributed by atoms with Crippen molar-refractivity contribution in [3.8, 4) is 5.75 Å². The molecular weight excluding hydrogens is 190 g/mol. The third-order valence-electron chi connectivity index (χ3n) is 1.46. The molecule has 0 fully saturated rings. The Morgan fingerprint density at radius 2 is 1.50 bits per heavy atom. The summed E-state index contributed by atoms with van der Waals surface area (Å²) < 4.78 is 0. The minimum atomic E-state index is -1.38. The topological polar surface area (TPSA) is 130 Å². The standard InChI is InChI=1S/C8H6O5.H3N/c9-4-1-2-5(7(10)11)6(3-4)8(12)13;/h1-3,9H,(H,10,11)(H,12,13);1H3. The van der Waals surface area contributed by atoms with Crippen LogP contribution in [0.2, 0.25) is 0 Å². The first-order valence-electron chi connectivity index (χ1n) is 3.32. The number of phenolic OH excluding ortho intramolecular Hbond substituents is 1. The number of hydrogen-bond donors (Lipinski definition) is 4. The van der Waals surface area contributed by atoms with Crippen molar-refractivity contribution in [1.82, 2.24) is 6.15 Å². The summed E-state index contributed by atoms with van der Waals surface area (Å²) in [4.78, 5) is 21.0. The average Bonchev–Trinajstić information content (AvgIpc) is 2.03. The zero-order valence-electron chi connectivity index (χ0n) is 7.10. The second-order valence-corrected chi connectivity index (χ2v) is 2.34. The van der Waals surface area contributed by atoms with Crippen molar-refractivity contribution in [3.05, 3.63) is 29.3 Å². The van der Waals surface area contributed by atoms with E-state index >= 15 is 0 Å². The van der Waals surface area contributed by atoms with Crippen LogP contribution in [0.3, 0.4) is 0 Å². The highest BCUT2D eigenvalue weighted by Crippen LogP contribution is 2.16. The van der Waals surface area contributed by atoms with Crippen LogP contribution in [0.15, 0.2) is 18.2 Å². The molecule has 0 atom stereocenters. The summed E-state index contributed by atoms with van der Waals surface area (Å²) in [7, 11) is 0. The molecule has 6 heteroatoms. The van der Waals surface area contributed by atoms with Crippen molar-refractivity contribution in [2.45, 2.75) is 0 Å². The second-order valence-electron chi connectivity index (χ2n) is 2.34. The predicted molar refractivity (Wildman–Crippen MR) is 47.0 cm³/mol. The smallest absolute Gasteiger partial charge is 0.336 e. The molecule has 0 aliphatic rings. The quantitative estimate of drug-likeness (QED) is 0.561. The molecule has 0 amide bonds. The van der Waals surface area contributed by atoms with Gasteiger partial charge < -0.3 is 21.5 Å². The maximum absolute atomic E-state index is 10.5. The summed E-state index contributed by atoms with van der Waals surface area (Å²) >= 11 is 0. The summed E-state index contributed by atoms with van der Waals surface area (Å²) in [6, 6.07) is 3.06. The zero-order valence-corrected chi connectivity index (χ0v) is 7.10. The molecule has 0 saturated carbocycles. The monoisotopic (exact) mass is 199 g/mol. The Morgan fingerprint density at radius 3 is 1.93 bits per heavy atom. The van der Waals surface area contributed by atoms with Crippen LogP contribution in [-0.2, 0) is 0 Å². The lowest BCUT2D eigenvalue weighted by Crippen LogP contribution is -2.07. The van der Waals surface area contributed by atoms with Gasteiger partial charge in [0, 0.05) is 0 Å². The van der Waals surface area contributed by atoms with Crippen molar-refractivity contribution >= 4 is 11.9 Å². The largest absolute Gasteiger partial charge is 0.508 e. The number of carboxylic acids is 2. The van der Waals surface area contributed by atoms with Gasteiger partial charge in [-0.3, -0.25) is 0 Å². The molecule has 6 N–H and O–H groups in total. The van der Waals surface area contributed by atoms with Gasteiger partial charge in [-0.2, -0.15) is 0 Å². The lowest BCUT2D eigenvalue weighted by molar-refractivity contribution is 0.0651. The molecule has 1 aromatic rings.